The molecule has 0 bridgehead atoms. The monoisotopic (exact) mass is 395 g/mol. The van der Waals surface area contributed by atoms with Crippen LogP contribution in [0.4, 0.5) is 5.69 Å². The topological polar surface area (TPSA) is 84.1 Å². The zero-order valence-corrected chi connectivity index (χ0v) is 14.8. The van der Waals surface area contributed by atoms with E-state index in [4.69, 9.17) is 4.74 Å². The molecule has 0 atom stereocenters. The first-order valence-corrected chi connectivity index (χ1v) is 8.99. The maximum atomic E-state index is 12.6. The maximum Gasteiger partial charge on any atom is 0.261 e. The molecule has 0 fully saturated rings. The molecule has 23 heavy (non-hydrogen) atoms. The minimum absolute atomic E-state index is 0.192. The van der Waals surface area contributed by atoms with Crippen molar-refractivity contribution in [3.8, 4) is 5.75 Å². The van der Waals surface area contributed by atoms with Gasteiger partial charge in [0, 0.05) is 4.47 Å². The van der Waals surface area contributed by atoms with Gasteiger partial charge in [-0.2, -0.15) is 0 Å². The molecule has 0 radical (unpaired) electrons. The van der Waals surface area contributed by atoms with Crippen LogP contribution in [0, 0.1) is 6.92 Å². The molecule has 3 rings (SSSR count). The lowest BCUT2D eigenvalue weighted by Crippen LogP contribution is -2.13. The van der Waals surface area contributed by atoms with Crippen LogP contribution in [0.5, 0.6) is 5.75 Å². The third-order valence-corrected chi connectivity index (χ3v) is 5.70. The first-order valence-electron chi connectivity index (χ1n) is 6.71. The van der Waals surface area contributed by atoms with Gasteiger partial charge in [0.1, 0.15) is 16.8 Å². The van der Waals surface area contributed by atoms with E-state index in [1.807, 2.05) is 6.92 Å². The summed E-state index contributed by atoms with van der Waals surface area (Å²) in [5.74, 6) is 0.597. The first kappa shape index (κ1) is 15.8. The van der Waals surface area contributed by atoms with Crippen molar-refractivity contribution in [3.05, 3.63) is 46.7 Å². The fourth-order valence-corrected chi connectivity index (χ4v) is 3.65. The second kappa shape index (κ2) is 5.86. The number of fused-ring (bicyclic) bond motifs is 1. The summed E-state index contributed by atoms with van der Waals surface area (Å²) in [7, 11) is -2.16. The molecular weight excluding hydrogens is 382 g/mol. The molecule has 0 saturated heterocycles. The molecule has 3 aromatic rings. The standard InChI is InChI=1S/C15H14BrN3O3S/c1-9-7-10(3-4-11(9)16)23(20,21)19-12-5-6-13(22-2)15-14(12)17-8-18-15/h3-8,19H,1-2H3,(H,17,18). The SMILES string of the molecule is COc1ccc(NS(=O)(=O)c2ccc(Br)c(C)c2)c2nc[nH]c12. The summed E-state index contributed by atoms with van der Waals surface area (Å²) in [6.45, 7) is 1.84. The zero-order valence-electron chi connectivity index (χ0n) is 12.4. The number of aromatic amines is 1. The lowest BCUT2D eigenvalue weighted by Gasteiger charge is -2.11. The van der Waals surface area contributed by atoms with Crippen molar-refractivity contribution in [1.29, 1.82) is 0 Å². The highest BCUT2D eigenvalue weighted by Crippen LogP contribution is 2.30. The first-order chi connectivity index (χ1) is 10.9. The third kappa shape index (κ3) is 2.91. The summed E-state index contributed by atoms with van der Waals surface area (Å²) in [5, 5.41) is 0. The predicted octanol–water partition coefficient (Wildman–Crippen LogP) is 3.44. The van der Waals surface area contributed by atoms with Gasteiger partial charge < -0.3 is 9.72 Å². The molecule has 2 N–H and O–H groups in total. The van der Waals surface area contributed by atoms with Gasteiger partial charge in [-0.3, -0.25) is 4.72 Å². The van der Waals surface area contributed by atoms with Gasteiger partial charge in [0.15, 0.2) is 0 Å². The quantitative estimate of drug-likeness (QED) is 0.708. The molecule has 1 aromatic heterocycles. The van der Waals surface area contributed by atoms with Gasteiger partial charge in [-0.15, -0.1) is 0 Å². The van der Waals surface area contributed by atoms with Crippen LogP contribution in [0.3, 0.4) is 0 Å². The summed E-state index contributed by atoms with van der Waals surface area (Å²) in [4.78, 5) is 7.30. The van der Waals surface area contributed by atoms with Gasteiger partial charge in [0.05, 0.1) is 24.0 Å². The zero-order chi connectivity index (χ0) is 16.6. The van der Waals surface area contributed by atoms with Crippen LogP contribution in [0.1, 0.15) is 5.56 Å². The van der Waals surface area contributed by atoms with Crippen LogP contribution in [0.15, 0.2) is 46.0 Å². The van der Waals surface area contributed by atoms with Crippen molar-refractivity contribution in [2.75, 3.05) is 11.8 Å². The molecule has 0 aliphatic heterocycles. The van der Waals surface area contributed by atoms with Crippen LogP contribution >= 0.6 is 15.9 Å². The Morgan fingerprint density at radius 1 is 1.26 bits per heavy atom. The smallest absolute Gasteiger partial charge is 0.261 e. The van der Waals surface area contributed by atoms with Crippen molar-refractivity contribution in [1.82, 2.24) is 9.97 Å². The van der Waals surface area contributed by atoms with E-state index in [0.29, 0.717) is 22.5 Å². The van der Waals surface area contributed by atoms with E-state index < -0.39 is 10.0 Å². The van der Waals surface area contributed by atoms with E-state index in [0.717, 1.165) is 10.0 Å². The fraction of sp³-hybridized carbons (Fsp3) is 0.133. The number of benzene rings is 2. The molecule has 0 aliphatic rings. The van der Waals surface area contributed by atoms with Crippen molar-refractivity contribution in [2.45, 2.75) is 11.8 Å². The van der Waals surface area contributed by atoms with E-state index in [1.54, 1.807) is 37.4 Å². The number of nitrogens with zero attached hydrogens (tertiary/aromatic N) is 1. The second-order valence-corrected chi connectivity index (χ2v) is 7.49. The van der Waals surface area contributed by atoms with E-state index in [-0.39, 0.29) is 4.90 Å². The number of nitrogens with one attached hydrogen (secondary N) is 2. The molecule has 0 spiro atoms. The Kier molecular flexibility index (Phi) is 4.03. The Labute approximate surface area is 142 Å². The molecule has 0 amide bonds. The summed E-state index contributed by atoms with van der Waals surface area (Å²) in [6, 6.07) is 8.18. The number of hydrogen-bond acceptors (Lipinski definition) is 4. The summed E-state index contributed by atoms with van der Waals surface area (Å²) < 4.78 is 33.8. The fourth-order valence-electron chi connectivity index (χ4n) is 2.25. The highest BCUT2D eigenvalue weighted by molar-refractivity contribution is 9.10. The molecule has 0 unspecified atom stereocenters. The Morgan fingerprint density at radius 2 is 2.04 bits per heavy atom. The normalized spacial score (nSPS) is 11.6. The number of halogens is 1. The Hall–Kier alpha value is -2.06. The predicted molar refractivity (Wildman–Crippen MR) is 92.3 cm³/mol. The number of hydrogen-bond donors (Lipinski definition) is 2. The summed E-state index contributed by atoms with van der Waals surface area (Å²) in [6.07, 6.45) is 1.49. The molecule has 8 heteroatoms. The molecule has 1 heterocycles. The highest BCUT2D eigenvalue weighted by atomic mass is 79.9. The number of imidazole rings is 1. The van der Waals surface area contributed by atoms with Gasteiger partial charge in [0.2, 0.25) is 0 Å². The van der Waals surface area contributed by atoms with Crippen LogP contribution in [0.2, 0.25) is 0 Å². The molecular formula is C15H14BrN3O3S. The third-order valence-electron chi connectivity index (χ3n) is 3.45. The van der Waals surface area contributed by atoms with E-state index in [1.165, 1.54) is 6.33 Å². The van der Waals surface area contributed by atoms with Crippen molar-refractivity contribution in [2.24, 2.45) is 0 Å². The Bertz CT molecular complexity index is 983. The van der Waals surface area contributed by atoms with Crippen molar-refractivity contribution >= 4 is 42.7 Å². The van der Waals surface area contributed by atoms with Crippen LogP contribution < -0.4 is 9.46 Å². The number of anilines is 1. The number of sulfonamides is 1. The number of aryl methyl sites for hydroxylation is 1. The van der Waals surface area contributed by atoms with Crippen LogP contribution in [-0.2, 0) is 10.0 Å². The lowest BCUT2D eigenvalue weighted by atomic mass is 10.2. The van der Waals surface area contributed by atoms with Crippen molar-refractivity contribution in [3.63, 3.8) is 0 Å². The Balaban J connectivity index is 2.04. The number of ether oxygens (including phenoxy) is 1. The number of methoxy groups -OCH3 is 1. The second-order valence-electron chi connectivity index (χ2n) is 4.96. The molecule has 120 valence electrons. The van der Waals surface area contributed by atoms with E-state index >= 15 is 0 Å². The minimum atomic E-state index is -3.71. The molecule has 2 aromatic carbocycles. The van der Waals surface area contributed by atoms with Gasteiger partial charge in [0.25, 0.3) is 10.0 Å². The number of H-pyrrole nitrogens is 1. The summed E-state index contributed by atoms with van der Waals surface area (Å²) >= 11 is 3.36. The highest BCUT2D eigenvalue weighted by Gasteiger charge is 2.18. The summed E-state index contributed by atoms with van der Waals surface area (Å²) in [5.41, 5.74) is 2.37. The minimum Gasteiger partial charge on any atom is -0.494 e. The largest absolute Gasteiger partial charge is 0.494 e. The number of rotatable bonds is 4. The Morgan fingerprint density at radius 3 is 2.74 bits per heavy atom. The van der Waals surface area contributed by atoms with Gasteiger partial charge in [-0.05, 0) is 42.8 Å². The van der Waals surface area contributed by atoms with Gasteiger partial charge in [-0.1, -0.05) is 15.9 Å². The van der Waals surface area contributed by atoms with Gasteiger partial charge in [-0.25, -0.2) is 13.4 Å². The average Bonchev–Trinajstić information content (AvgIpc) is 3.00. The van der Waals surface area contributed by atoms with Crippen molar-refractivity contribution < 1.29 is 13.2 Å². The molecule has 6 nitrogen and oxygen atoms in total. The number of aromatic nitrogens is 2. The van der Waals surface area contributed by atoms with Crippen LogP contribution in [-0.4, -0.2) is 25.5 Å². The van der Waals surface area contributed by atoms with Gasteiger partial charge >= 0.3 is 0 Å². The molecule has 0 saturated carbocycles. The van der Waals surface area contributed by atoms with Crippen LogP contribution in [0.25, 0.3) is 11.0 Å². The lowest BCUT2D eigenvalue weighted by molar-refractivity contribution is 0.419. The van der Waals surface area contributed by atoms with E-state index in [2.05, 4.69) is 30.6 Å². The molecule has 0 aliphatic carbocycles. The average molecular weight is 396 g/mol. The maximum absolute atomic E-state index is 12.6. The van der Waals surface area contributed by atoms with E-state index in [9.17, 15) is 8.42 Å².